The highest BCUT2D eigenvalue weighted by Gasteiger charge is 2.34. The largest absolute Gasteiger partial charge is 0.379 e. The second-order valence-electron chi connectivity index (χ2n) is 6.40. The summed E-state index contributed by atoms with van der Waals surface area (Å²) in [5.41, 5.74) is 1.07. The Labute approximate surface area is 142 Å². The van der Waals surface area contributed by atoms with Crippen LogP contribution < -0.4 is 5.32 Å². The minimum absolute atomic E-state index is 0.0268. The first-order chi connectivity index (χ1) is 11.7. The number of benzene rings is 1. The quantitative estimate of drug-likeness (QED) is 0.824. The predicted molar refractivity (Wildman–Crippen MR) is 90.2 cm³/mol. The molecule has 2 fully saturated rings. The molecule has 3 rings (SSSR count). The molecule has 0 unspecified atom stereocenters. The number of carbonyl (C=O) groups is 2. The second kappa shape index (κ2) is 8.26. The maximum absolute atomic E-state index is 12.3. The summed E-state index contributed by atoms with van der Waals surface area (Å²) in [6.07, 6.45) is 0.323. The zero-order chi connectivity index (χ0) is 16.8. The van der Waals surface area contributed by atoms with E-state index in [9.17, 15) is 9.59 Å². The summed E-state index contributed by atoms with van der Waals surface area (Å²) in [7, 11) is 0. The van der Waals surface area contributed by atoms with Gasteiger partial charge in [0.1, 0.15) is 0 Å². The fourth-order valence-corrected chi connectivity index (χ4v) is 3.18. The maximum atomic E-state index is 12.3. The zero-order valence-corrected chi connectivity index (χ0v) is 13.9. The molecule has 0 aliphatic carbocycles. The summed E-state index contributed by atoms with van der Waals surface area (Å²) in [4.78, 5) is 28.6. The number of likely N-dealkylation sites (tertiary alicyclic amines) is 1. The van der Waals surface area contributed by atoms with Gasteiger partial charge in [0.05, 0.1) is 19.1 Å². The van der Waals surface area contributed by atoms with E-state index in [1.165, 1.54) is 0 Å². The standard InChI is InChI=1S/C18H25N3O3/c22-17-12-16(18(23)19-13-15-4-2-1-3-5-15)14-21(17)7-6-20-8-10-24-11-9-20/h1-5,16H,6-14H2,(H,19,23)/t16-/m0/s1. The molecule has 2 saturated heterocycles. The topological polar surface area (TPSA) is 61.9 Å². The fraction of sp³-hybridized carbons (Fsp3) is 0.556. The van der Waals surface area contributed by atoms with Crippen LogP contribution in [-0.2, 0) is 20.9 Å². The molecular formula is C18H25N3O3. The van der Waals surface area contributed by atoms with Gasteiger partial charge in [0.2, 0.25) is 11.8 Å². The van der Waals surface area contributed by atoms with Crippen molar-refractivity contribution < 1.29 is 14.3 Å². The average molecular weight is 331 g/mol. The van der Waals surface area contributed by atoms with Gasteiger partial charge in [-0.15, -0.1) is 0 Å². The van der Waals surface area contributed by atoms with Crippen molar-refractivity contribution in [2.75, 3.05) is 45.9 Å². The first-order valence-corrected chi connectivity index (χ1v) is 8.62. The molecular weight excluding hydrogens is 306 g/mol. The SMILES string of the molecule is O=C(NCc1ccccc1)[C@H]1CC(=O)N(CCN2CCOCC2)C1. The summed E-state index contributed by atoms with van der Waals surface area (Å²) in [6, 6.07) is 9.82. The minimum Gasteiger partial charge on any atom is -0.379 e. The zero-order valence-electron chi connectivity index (χ0n) is 13.9. The Kier molecular flexibility index (Phi) is 5.82. The van der Waals surface area contributed by atoms with Crippen LogP contribution in [0.4, 0.5) is 0 Å². The molecule has 2 heterocycles. The predicted octanol–water partition coefficient (Wildman–Crippen LogP) is 0.484. The molecule has 2 amide bonds. The smallest absolute Gasteiger partial charge is 0.225 e. The monoisotopic (exact) mass is 331 g/mol. The summed E-state index contributed by atoms with van der Waals surface area (Å²) in [5, 5.41) is 2.94. The number of ether oxygens (including phenoxy) is 1. The molecule has 0 radical (unpaired) electrons. The molecule has 24 heavy (non-hydrogen) atoms. The lowest BCUT2D eigenvalue weighted by Gasteiger charge is -2.28. The number of morpholine rings is 1. The Hall–Kier alpha value is -1.92. The Morgan fingerprint density at radius 1 is 1.17 bits per heavy atom. The third-order valence-corrected chi connectivity index (χ3v) is 4.68. The van der Waals surface area contributed by atoms with Crippen LogP contribution >= 0.6 is 0 Å². The van der Waals surface area contributed by atoms with E-state index in [-0.39, 0.29) is 17.7 Å². The Balaban J connectivity index is 1.42. The number of amides is 2. The highest BCUT2D eigenvalue weighted by molar-refractivity contribution is 5.89. The van der Waals surface area contributed by atoms with Crippen LogP contribution in [0.2, 0.25) is 0 Å². The van der Waals surface area contributed by atoms with Gasteiger partial charge in [0, 0.05) is 45.7 Å². The van der Waals surface area contributed by atoms with E-state index in [1.54, 1.807) is 0 Å². The van der Waals surface area contributed by atoms with Gasteiger partial charge in [-0.1, -0.05) is 30.3 Å². The molecule has 0 aromatic heterocycles. The van der Waals surface area contributed by atoms with Crippen molar-refractivity contribution in [3.8, 4) is 0 Å². The fourth-order valence-electron chi connectivity index (χ4n) is 3.18. The van der Waals surface area contributed by atoms with E-state index in [4.69, 9.17) is 4.74 Å². The van der Waals surface area contributed by atoms with Crippen LogP contribution in [0.25, 0.3) is 0 Å². The van der Waals surface area contributed by atoms with Crippen molar-refractivity contribution >= 4 is 11.8 Å². The average Bonchev–Trinajstić information content (AvgIpc) is 3.00. The van der Waals surface area contributed by atoms with Gasteiger partial charge in [0.15, 0.2) is 0 Å². The second-order valence-corrected chi connectivity index (χ2v) is 6.40. The normalized spacial score (nSPS) is 21.9. The molecule has 0 spiro atoms. The number of hydrogen-bond donors (Lipinski definition) is 1. The first-order valence-electron chi connectivity index (χ1n) is 8.62. The van der Waals surface area contributed by atoms with Crippen molar-refractivity contribution in [1.29, 1.82) is 0 Å². The van der Waals surface area contributed by atoms with E-state index < -0.39 is 0 Å². The van der Waals surface area contributed by atoms with Crippen molar-refractivity contribution in [3.63, 3.8) is 0 Å². The first kappa shape index (κ1) is 16.9. The van der Waals surface area contributed by atoms with Crippen molar-refractivity contribution in [3.05, 3.63) is 35.9 Å². The van der Waals surface area contributed by atoms with Gasteiger partial charge in [-0.25, -0.2) is 0 Å². The van der Waals surface area contributed by atoms with E-state index in [0.717, 1.165) is 38.4 Å². The Bertz CT molecular complexity index is 558. The maximum Gasteiger partial charge on any atom is 0.225 e. The summed E-state index contributed by atoms with van der Waals surface area (Å²) >= 11 is 0. The summed E-state index contributed by atoms with van der Waals surface area (Å²) in [6.45, 7) is 5.96. The molecule has 6 heteroatoms. The molecule has 2 aliphatic rings. The van der Waals surface area contributed by atoms with Crippen molar-refractivity contribution in [2.24, 2.45) is 5.92 Å². The summed E-state index contributed by atoms with van der Waals surface area (Å²) < 4.78 is 5.33. The van der Waals surface area contributed by atoms with Crippen LogP contribution in [0.15, 0.2) is 30.3 Å². The van der Waals surface area contributed by atoms with E-state index >= 15 is 0 Å². The molecule has 0 bridgehead atoms. The lowest BCUT2D eigenvalue weighted by atomic mass is 10.1. The Morgan fingerprint density at radius 3 is 2.67 bits per heavy atom. The van der Waals surface area contributed by atoms with Gasteiger partial charge >= 0.3 is 0 Å². The molecule has 1 aromatic rings. The van der Waals surface area contributed by atoms with E-state index in [0.29, 0.717) is 26.1 Å². The minimum atomic E-state index is -0.231. The van der Waals surface area contributed by atoms with Gasteiger partial charge in [-0.3, -0.25) is 14.5 Å². The molecule has 130 valence electrons. The number of nitrogens with one attached hydrogen (secondary N) is 1. The van der Waals surface area contributed by atoms with E-state index in [1.807, 2.05) is 35.2 Å². The summed E-state index contributed by atoms with van der Waals surface area (Å²) in [5.74, 6) is -0.171. The van der Waals surface area contributed by atoms with Crippen molar-refractivity contribution in [2.45, 2.75) is 13.0 Å². The van der Waals surface area contributed by atoms with E-state index in [2.05, 4.69) is 10.2 Å². The lowest BCUT2D eigenvalue weighted by molar-refractivity contribution is -0.129. The third kappa shape index (κ3) is 4.55. The molecule has 1 N–H and O–H groups in total. The van der Waals surface area contributed by atoms with Crippen LogP contribution in [0.5, 0.6) is 0 Å². The number of carbonyl (C=O) groups excluding carboxylic acids is 2. The van der Waals surface area contributed by atoms with Gasteiger partial charge in [0.25, 0.3) is 0 Å². The van der Waals surface area contributed by atoms with Crippen molar-refractivity contribution in [1.82, 2.24) is 15.1 Å². The third-order valence-electron chi connectivity index (χ3n) is 4.68. The van der Waals surface area contributed by atoms with Gasteiger partial charge in [-0.2, -0.15) is 0 Å². The Morgan fingerprint density at radius 2 is 1.92 bits per heavy atom. The number of nitrogens with zero attached hydrogens (tertiary/aromatic N) is 2. The number of hydrogen-bond acceptors (Lipinski definition) is 4. The van der Waals surface area contributed by atoms with Crippen LogP contribution in [-0.4, -0.2) is 67.6 Å². The number of rotatable bonds is 6. The van der Waals surface area contributed by atoms with Crippen LogP contribution in [0.1, 0.15) is 12.0 Å². The molecule has 2 aliphatic heterocycles. The lowest BCUT2D eigenvalue weighted by Crippen LogP contribution is -2.42. The molecule has 6 nitrogen and oxygen atoms in total. The highest BCUT2D eigenvalue weighted by atomic mass is 16.5. The van der Waals surface area contributed by atoms with Crippen LogP contribution in [0.3, 0.4) is 0 Å². The van der Waals surface area contributed by atoms with Gasteiger partial charge in [-0.05, 0) is 5.56 Å². The molecule has 1 atom stereocenters. The molecule has 0 saturated carbocycles. The highest BCUT2D eigenvalue weighted by Crippen LogP contribution is 2.18. The van der Waals surface area contributed by atoms with Gasteiger partial charge < -0.3 is 15.0 Å². The molecule has 1 aromatic carbocycles. The van der Waals surface area contributed by atoms with Crippen LogP contribution in [0, 0.1) is 5.92 Å².